The molecule has 2 atom stereocenters. The van der Waals surface area contributed by atoms with Gasteiger partial charge in [-0.05, 0) is 95.1 Å². The lowest BCUT2D eigenvalue weighted by Crippen LogP contribution is -2.35. The van der Waals surface area contributed by atoms with Crippen LogP contribution in [0.25, 0.3) is 10.8 Å². The molecule has 160 valence electrons. The third-order valence-electron chi connectivity index (χ3n) is 7.65. The van der Waals surface area contributed by atoms with Gasteiger partial charge in [0.25, 0.3) is 0 Å². The molecule has 0 fully saturated rings. The molecule has 5 nitrogen and oxygen atoms in total. The quantitative estimate of drug-likeness (QED) is 0.586. The van der Waals surface area contributed by atoms with Gasteiger partial charge in [-0.25, -0.2) is 16.8 Å². The van der Waals surface area contributed by atoms with Gasteiger partial charge in [0.1, 0.15) is 0 Å². The molecule has 5 aliphatic rings. The lowest BCUT2D eigenvalue weighted by atomic mass is 9.67. The summed E-state index contributed by atoms with van der Waals surface area (Å²) in [5, 5.41) is 1.52. The first kappa shape index (κ1) is 18.8. The van der Waals surface area contributed by atoms with E-state index in [4.69, 9.17) is 0 Å². The van der Waals surface area contributed by atoms with Gasteiger partial charge in [-0.1, -0.05) is 12.2 Å². The van der Waals surface area contributed by atoms with Crippen molar-refractivity contribution < 1.29 is 21.6 Å². The Labute approximate surface area is 185 Å². The lowest BCUT2D eigenvalue weighted by molar-refractivity contribution is -0.120. The molecule has 2 heterocycles. The molecule has 32 heavy (non-hydrogen) atoms. The number of hydrogen-bond donors (Lipinski definition) is 0. The second-order valence-electron chi connectivity index (χ2n) is 9.23. The Hall–Kier alpha value is -2.77. The summed E-state index contributed by atoms with van der Waals surface area (Å²) in [6, 6.07) is 3.34. The van der Waals surface area contributed by atoms with Crippen LogP contribution in [0.1, 0.15) is 46.9 Å². The van der Waals surface area contributed by atoms with Crippen LogP contribution in [0, 0.1) is 13.8 Å². The molecule has 3 aliphatic carbocycles. The Morgan fingerprint density at radius 2 is 1.16 bits per heavy atom. The molecule has 2 aromatic carbocycles. The third kappa shape index (κ3) is 1.83. The minimum Gasteiger partial charge on any atom is -0.298 e. The van der Waals surface area contributed by atoms with Crippen molar-refractivity contribution >= 4 is 36.2 Å². The maximum atomic E-state index is 14.1. The third-order valence-corrected chi connectivity index (χ3v) is 11.4. The van der Waals surface area contributed by atoms with Crippen molar-refractivity contribution in [1.29, 1.82) is 0 Å². The van der Waals surface area contributed by atoms with E-state index >= 15 is 0 Å². The molecule has 7 heteroatoms. The molecular formula is C25H18O5S2. The highest BCUT2D eigenvalue weighted by Gasteiger charge is 2.52. The molecule has 0 radical (unpaired) electrons. The van der Waals surface area contributed by atoms with E-state index in [-0.39, 0.29) is 25.4 Å². The summed E-state index contributed by atoms with van der Waals surface area (Å²) in [5.74, 6) is -1.43. The van der Waals surface area contributed by atoms with Crippen LogP contribution in [0.2, 0.25) is 0 Å². The minimum atomic E-state index is -3.78. The van der Waals surface area contributed by atoms with Crippen LogP contribution < -0.4 is 0 Å². The SMILES string of the molecule is Cc1cc2c3c4c5c(cc(C)c14)S(=O)(=O)C1=C(CC=C1)C5C(=O)C3C1=C(C=CC1)S2(=O)=O. The van der Waals surface area contributed by atoms with Gasteiger partial charge in [-0.2, -0.15) is 0 Å². The van der Waals surface area contributed by atoms with Crippen LogP contribution in [0.3, 0.4) is 0 Å². The second kappa shape index (κ2) is 5.41. The Kier molecular flexibility index (Phi) is 3.17. The number of carbonyl (C=O) groups is 1. The monoisotopic (exact) mass is 462 g/mol. The molecule has 0 N–H and O–H groups in total. The first-order valence-electron chi connectivity index (χ1n) is 10.6. The molecule has 0 saturated carbocycles. The number of hydrogen-bond acceptors (Lipinski definition) is 5. The Balaban J connectivity index is 1.78. The van der Waals surface area contributed by atoms with Crippen LogP contribution in [-0.2, 0) is 24.5 Å². The van der Waals surface area contributed by atoms with Gasteiger partial charge in [-0.3, -0.25) is 4.79 Å². The second-order valence-corrected chi connectivity index (χ2v) is 13.0. The van der Waals surface area contributed by atoms with Crippen LogP contribution >= 0.6 is 0 Å². The smallest absolute Gasteiger partial charge is 0.206 e. The van der Waals surface area contributed by atoms with E-state index in [1.807, 2.05) is 13.8 Å². The number of rotatable bonds is 0. The number of allylic oxidation sites excluding steroid dienone is 6. The van der Waals surface area contributed by atoms with Gasteiger partial charge in [0.15, 0.2) is 5.78 Å². The minimum absolute atomic E-state index is 0.105. The van der Waals surface area contributed by atoms with Gasteiger partial charge in [0.2, 0.25) is 19.7 Å². The number of carbonyl (C=O) groups excluding carboxylic acids is 1. The van der Waals surface area contributed by atoms with Gasteiger partial charge in [0, 0.05) is 0 Å². The van der Waals surface area contributed by atoms with Crippen molar-refractivity contribution in [2.24, 2.45) is 0 Å². The predicted molar refractivity (Wildman–Crippen MR) is 120 cm³/mol. The molecule has 0 aromatic heterocycles. The Morgan fingerprint density at radius 1 is 0.719 bits per heavy atom. The fourth-order valence-corrected chi connectivity index (χ4v) is 10.3. The first-order chi connectivity index (χ1) is 15.2. The molecule has 0 amide bonds. The highest BCUT2D eigenvalue weighted by molar-refractivity contribution is 7.96. The van der Waals surface area contributed by atoms with E-state index < -0.39 is 31.5 Å². The number of ketones is 1. The van der Waals surface area contributed by atoms with Crippen molar-refractivity contribution in [3.63, 3.8) is 0 Å². The molecule has 2 aromatic rings. The van der Waals surface area contributed by atoms with E-state index in [2.05, 4.69) is 0 Å². The van der Waals surface area contributed by atoms with Gasteiger partial charge < -0.3 is 0 Å². The fourth-order valence-electron chi connectivity index (χ4n) is 6.50. The first-order valence-corrected chi connectivity index (χ1v) is 13.6. The number of benzene rings is 2. The molecule has 7 rings (SSSR count). The zero-order valence-electron chi connectivity index (χ0n) is 17.4. The van der Waals surface area contributed by atoms with Crippen molar-refractivity contribution in [2.45, 2.75) is 48.3 Å². The predicted octanol–water partition coefficient (Wildman–Crippen LogP) is 4.21. The molecule has 0 bridgehead atoms. The zero-order chi connectivity index (χ0) is 22.3. The summed E-state index contributed by atoms with van der Waals surface area (Å²) in [4.78, 5) is 14.9. The Morgan fingerprint density at radius 3 is 1.59 bits per heavy atom. The number of sulfone groups is 2. The number of aryl methyl sites for hydroxylation is 2. The van der Waals surface area contributed by atoms with Crippen LogP contribution in [-0.4, -0.2) is 22.6 Å². The zero-order valence-corrected chi connectivity index (χ0v) is 19.0. The molecule has 2 unspecified atom stereocenters. The van der Waals surface area contributed by atoms with Gasteiger partial charge in [0.05, 0.1) is 31.4 Å². The lowest BCUT2D eigenvalue weighted by Gasteiger charge is -2.40. The van der Waals surface area contributed by atoms with Gasteiger partial charge >= 0.3 is 0 Å². The van der Waals surface area contributed by atoms with Crippen LogP contribution in [0.15, 0.2) is 67.2 Å². The van der Waals surface area contributed by atoms with Crippen molar-refractivity contribution in [3.05, 3.63) is 79.6 Å². The molecular weight excluding hydrogens is 444 g/mol. The average Bonchev–Trinajstić information content (AvgIpc) is 3.40. The Bertz CT molecular complexity index is 1610. The normalized spacial score (nSPS) is 27.4. The number of Topliss-reactive ketones (excluding diaryl/α,β-unsaturated/α-hetero) is 1. The number of fused-ring (bicyclic) bond motifs is 2. The maximum absolute atomic E-state index is 14.1. The summed E-state index contributed by atoms with van der Waals surface area (Å²) in [6.45, 7) is 3.72. The molecule has 0 saturated heterocycles. The maximum Gasteiger partial charge on any atom is 0.206 e. The van der Waals surface area contributed by atoms with Crippen molar-refractivity contribution in [3.8, 4) is 0 Å². The standard InChI is InChI=1S/C25H18O5S2/c1-11-9-17-22-20(13-5-3-7-15(13)31(17,27)28)25(26)21-14-6-4-8-16(14)32(29,30)18-10-12(2)19(11)24(22)23(18)21/h3-4,7-10,20-21H,5-6H2,1-2H3. The molecule has 0 spiro atoms. The van der Waals surface area contributed by atoms with Gasteiger partial charge in [-0.15, -0.1) is 0 Å². The van der Waals surface area contributed by atoms with E-state index in [1.54, 1.807) is 36.4 Å². The van der Waals surface area contributed by atoms with Crippen LogP contribution in [0.4, 0.5) is 0 Å². The van der Waals surface area contributed by atoms with E-state index in [0.29, 0.717) is 40.5 Å². The average molecular weight is 463 g/mol. The van der Waals surface area contributed by atoms with E-state index in [1.165, 1.54) is 0 Å². The summed E-state index contributed by atoms with van der Waals surface area (Å²) in [7, 11) is -7.57. The van der Waals surface area contributed by atoms with E-state index in [0.717, 1.165) is 16.5 Å². The summed E-state index contributed by atoms with van der Waals surface area (Å²) < 4.78 is 54.2. The highest BCUT2D eigenvalue weighted by Crippen LogP contribution is 2.59. The van der Waals surface area contributed by atoms with Crippen molar-refractivity contribution in [1.82, 2.24) is 0 Å². The largest absolute Gasteiger partial charge is 0.298 e. The summed E-state index contributed by atoms with van der Waals surface area (Å²) in [5.41, 5.74) is 3.79. The summed E-state index contributed by atoms with van der Waals surface area (Å²) in [6.07, 6.45) is 7.67. The topological polar surface area (TPSA) is 85.3 Å². The van der Waals surface area contributed by atoms with Crippen molar-refractivity contribution in [2.75, 3.05) is 0 Å². The van der Waals surface area contributed by atoms with E-state index in [9.17, 15) is 21.6 Å². The molecule has 2 aliphatic heterocycles. The highest BCUT2D eigenvalue weighted by atomic mass is 32.2. The fraction of sp³-hybridized carbons (Fsp3) is 0.240. The summed E-state index contributed by atoms with van der Waals surface area (Å²) >= 11 is 0. The van der Waals surface area contributed by atoms with Crippen LogP contribution in [0.5, 0.6) is 0 Å².